The SMILES string of the molecule is CCOc1cc(-c2ccc(N3CCC(CN4CCN(C(=O)CCN5CCC(c6ccc7c(c6)C(=O)N(C6CCC(=O)NC6=O)C7)CC5)CC4)(C(=O)NCC(C)C)CC3)nc2)c2c(C#N)cnn2c1. The molecule has 1 unspecified atom stereocenters. The number of piperazine rings is 1. The fourth-order valence-electron chi connectivity index (χ4n) is 10.8. The first-order chi connectivity index (χ1) is 32.9. The van der Waals surface area contributed by atoms with Gasteiger partial charge in [0.2, 0.25) is 23.6 Å². The van der Waals surface area contributed by atoms with Crippen molar-refractivity contribution >= 4 is 40.9 Å². The third-order valence-corrected chi connectivity index (χ3v) is 14.8. The van der Waals surface area contributed by atoms with Crippen molar-refractivity contribution in [3.8, 4) is 22.9 Å². The predicted molar refractivity (Wildman–Crippen MR) is 255 cm³/mol. The largest absolute Gasteiger partial charge is 0.492 e. The van der Waals surface area contributed by atoms with Crippen LogP contribution in [0, 0.1) is 22.7 Å². The first-order valence-electron chi connectivity index (χ1n) is 24.5. The number of carbonyl (C=O) groups is 5. The molecule has 0 aliphatic carbocycles. The number of anilines is 1. The second kappa shape index (κ2) is 20.1. The van der Waals surface area contributed by atoms with Crippen molar-refractivity contribution in [2.24, 2.45) is 11.3 Å². The summed E-state index contributed by atoms with van der Waals surface area (Å²) in [5.41, 5.74) is 5.00. The predicted octanol–water partition coefficient (Wildman–Crippen LogP) is 4.20. The first kappa shape index (κ1) is 46.7. The number of nitriles is 1. The molecule has 9 rings (SSSR count). The average molecular weight is 926 g/mol. The Labute approximate surface area is 397 Å². The van der Waals surface area contributed by atoms with E-state index in [1.165, 1.54) is 0 Å². The molecule has 0 saturated carbocycles. The topological polar surface area (TPSA) is 189 Å². The molecule has 5 amide bonds. The number of piperidine rings is 3. The van der Waals surface area contributed by atoms with Crippen LogP contribution in [-0.2, 0) is 25.7 Å². The Balaban J connectivity index is 0.751. The van der Waals surface area contributed by atoms with Gasteiger partial charge >= 0.3 is 0 Å². The lowest BCUT2D eigenvalue weighted by Crippen LogP contribution is -2.58. The Kier molecular flexibility index (Phi) is 13.8. The second-order valence-electron chi connectivity index (χ2n) is 19.6. The summed E-state index contributed by atoms with van der Waals surface area (Å²) in [6.45, 7) is 14.8. The molecule has 0 spiro atoms. The number of rotatable bonds is 14. The lowest BCUT2D eigenvalue weighted by Gasteiger charge is -2.45. The molecule has 68 heavy (non-hydrogen) atoms. The normalized spacial score (nSPS) is 20.4. The Bertz CT molecular complexity index is 2580. The van der Waals surface area contributed by atoms with Crippen LogP contribution < -0.4 is 20.3 Å². The molecule has 1 atom stereocenters. The molecule has 2 N–H and O–H groups in total. The van der Waals surface area contributed by atoms with Gasteiger partial charge in [-0.1, -0.05) is 26.0 Å². The lowest BCUT2D eigenvalue weighted by atomic mass is 9.76. The van der Waals surface area contributed by atoms with E-state index in [9.17, 15) is 29.2 Å². The number of amides is 5. The molecule has 17 nitrogen and oxygen atoms in total. The van der Waals surface area contributed by atoms with E-state index in [0.717, 1.165) is 67.1 Å². The lowest BCUT2D eigenvalue weighted by molar-refractivity contribution is -0.137. The molecule has 0 radical (unpaired) electrons. The minimum atomic E-state index is -0.620. The fourth-order valence-corrected chi connectivity index (χ4v) is 10.8. The van der Waals surface area contributed by atoms with Crippen LogP contribution in [0.1, 0.15) is 98.7 Å². The smallest absolute Gasteiger partial charge is 0.255 e. The summed E-state index contributed by atoms with van der Waals surface area (Å²) in [7, 11) is 0. The molecule has 8 heterocycles. The van der Waals surface area contributed by atoms with Crippen LogP contribution >= 0.6 is 0 Å². The number of nitrogens with one attached hydrogen (secondary N) is 2. The van der Waals surface area contributed by atoms with Crippen molar-refractivity contribution in [2.75, 3.05) is 83.5 Å². The first-order valence-corrected chi connectivity index (χ1v) is 24.5. The van der Waals surface area contributed by atoms with E-state index in [2.05, 4.69) is 56.4 Å². The van der Waals surface area contributed by atoms with Crippen LogP contribution in [0.4, 0.5) is 5.82 Å². The number of carbonyl (C=O) groups excluding carboxylic acids is 5. The standard InChI is InChI=1S/C51H63N11O6/c1-4-68-40-26-41(47-39(27-52)30-55-62(47)32-40)37-7-9-44(53-29-37)59-19-14-51(15-20-59,50(67)54-28-34(2)3)33-58-21-23-60(24-22-58)46(64)13-18-57-16-11-35(12-17-57)36-5-6-38-31-61(49(66)42(38)25-36)43-8-10-45(63)56-48(43)65/h5-7,9,25-26,29-30,32,34-35,43H,4,8,10-24,28,31,33H2,1-3H3,(H,54,67)(H,56,63,65). The van der Waals surface area contributed by atoms with E-state index in [4.69, 9.17) is 9.72 Å². The Morgan fingerprint density at radius 2 is 1.72 bits per heavy atom. The van der Waals surface area contributed by atoms with Crippen molar-refractivity contribution in [1.29, 1.82) is 5.26 Å². The monoisotopic (exact) mass is 925 g/mol. The van der Waals surface area contributed by atoms with Gasteiger partial charge in [-0.05, 0) is 99.3 Å². The van der Waals surface area contributed by atoms with Crippen LogP contribution in [0.5, 0.6) is 5.75 Å². The van der Waals surface area contributed by atoms with Crippen molar-refractivity contribution < 1.29 is 28.7 Å². The fraction of sp³-hybridized carbons (Fsp3) is 0.529. The molecule has 0 bridgehead atoms. The Hall–Kier alpha value is -6.38. The van der Waals surface area contributed by atoms with Gasteiger partial charge in [0.1, 0.15) is 23.7 Å². The van der Waals surface area contributed by atoms with Gasteiger partial charge in [0.15, 0.2) is 0 Å². The van der Waals surface area contributed by atoms with Crippen LogP contribution in [-0.4, -0.2) is 148 Å². The maximum Gasteiger partial charge on any atom is 0.255 e. The number of fused-ring (bicyclic) bond motifs is 2. The number of benzene rings is 1. The van der Waals surface area contributed by atoms with Crippen molar-refractivity contribution in [2.45, 2.75) is 84.2 Å². The summed E-state index contributed by atoms with van der Waals surface area (Å²) in [5, 5.41) is 19.8. The van der Waals surface area contributed by atoms with E-state index in [1.807, 2.05) is 48.4 Å². The van der Waals surface area contributed by atoms with Crippen LogP contribution in [0.25, 0.3) is 16.6 Å². The zero-order valence-corrected chi connectivity index (χ0v) is 39.5. The zero-order chi connectivity index (χ0) is 47.5. The maximum absolute atomic E-state index is 14.1. The summed E-state index contributed by atoms with van der Waals surface area (Å²) < 4.78 is 7.48. The van der Waals surface area contributed by atoms with Crippen LogP contribution in [0.15, 0.2) is 55.0 Å². The number of pyridine rings is 2. The molecule has 1 aromatic carbocycles. The minimum Gasteiger partial charge on any atom is -0.492 e. The van der Waals surface area contributed by atoms with E-state index in [-0.39, 0.29) is 30.0 Å². The van der Waals surface area contributed by atoms with E-state index < -0.39 is 17.4 Å². The highest BCUT2D eigenvalue weighted by molar-refractivity contribution is 6.05. The maximum atomic E-state index is 14.1. The van der Waals surface area contributed by atoms with Crippen LogP contribution in [0.3, 0.4) is 0 Å². The molecule has 4 fully saturated rings. The number of aromatic nitrogens is 3. The number of hydrogen-bond acceptors (Lipinski definition) is 12. The highest BCUT2D eigenvalue weighted by Crippen LogP contribution is 2.37. The third kappa shape index (κ3) is 9.80. The van der Waals surface area contributed by atoms with Gasteiger partial charge < -0.3 is 29.7 Å². The highest BCUT2D eigenvalue weighted by atomic mass is 16.5. The van der Waals surface area contributed by atoms with Gasteiger partial charge in [-0.15, -0.1) is 0 Å². The second-order valence-corrected chi connectivity index (χ2v) is 19.6. The van der Waals surface area contributed by atoms with Gasteiger partial charge in [-0.25, -0.2) is 9.50 Å². The molecular formula is C51H63N11O6. The summed E-state index contributed by atoms with van der Waals surface area (Å²) in [5.74, 6) is 1.58. The van der Waals surface area contributed by atoms with Gasteiger partial charge in [0, 0.05) is 101 Å². The number of ether oxygens (including phenoxy) is 1. The van der Waals surface area contributed by atoms with Gasteiger partial charge in [-0.2, -0.15) is 10.4 Å². The molecule has 4 aromatic rings. The van der Waals surface area contributed by atoms with Gasteiger partial charge in [0.25, 0.3) is 5.91 Å². The molecule has 5 aliphatic heterocycles. The van der Waals surface area contributed by atoms with Gasteiger partial charge in [-0.3, -0.25) is 34.2 Å². The Morgan fingerprint density at radius 1 is 0.941 bits per heavy atom. The van der Waals surface area contributed by atoms with Crippen molar-refractivity contribution in [3.63, 3.8) is 0 Å². The summed E-state index contributed by atoms with van der Waals surface area (Å²) in [6, 6.07) is 13.7. The van der Waals surface area contributed by atoms with E-state index in [1.54, 1.807) is 21.8 Å². The van der Waals surface area contributed by atoms with Gasteiger partial charge in [0.05, 0.1) is 35.5 Å². The third-order valence-electron chi connectivity index (χ3n) is 14.8. The molecule has 3 aromatic heterocycles. The summed E-state index contributed by atoms with van der Waals surface area (Å²) in [6.07, 6.45) is 9.47. The molecule has 5 aliphatic rings. The zero-order valence-electron chi connectivity index (χ0n) is 39.5. The number of hydrogen-bond donors (Lipinski definition) is 2. The summed E-state index contributed by atoms with van der Waals surface area (Å²) in [4.78, 5) is 80.7. The van der Waals surface area contributed by atoms with Crippen molar-refractivity contribution in [1.82, 2.24) is 44.8 Å². The molecule has 4 saturated heterocycles. The molecular weight excluding hydrogens is 863 g/mol. The number of likely N-dealkylation sites (tertiary alicyclic amines) is 1. The van der Waals surface area contributed by atoms with E-state index in [0.29, 0.717) is 119 Å². The Morgan fingerprint density at radius 3 is 2.41 bits per heavy atom. The van der Waals surface area contributed by atoms with Crippen LogP contribution in [0.2, 0.25) is 0 Å². The molecule has 17 heteroatoms. The number of imide groups is 1. The van der Waals surface area contributed by atoms with Crippen molar-refractivity contribution in [3.05, 3.63) is 77.2 Å². The average Bonchev–Trinajstić information content (AvgIpc) is 3.92. The quantitative estimate of drug-likeness (QED) is 0.172. The minimum absolute atomic E-state index is 0.102. The highest BCUT2D eigenvalue weighted by Gasteiger charge is 2.44. The summed E-state index contributed by atoms with van der Waals surface area (Å²) >= 11 is 0. The molecule has 358 valence electrons. The van der Waals surface area contributed by atoms with E-state index >= 15 is 0 Å². The number of nitrogens with zero attached hydrogens (tertiary/aromatic N) is 9.